The summed E-state index contributed by atoms with van der Waals surface area (Å²) in [6.45, 7) is 6.32. The molecule has 0 aliphatic carbocycles. The van der Waals surface area contributed by atoms with Crippen LogP contribution in [0, 0.1) is 0 Å². The SMILES string of the molecule is CCc1nc(-c2ccc(O)cc2Cl)c(OC)nc1NC(CC)CC. The maximum absolute atomic E-state index is 9.55. The van der Waals surface area contributed by atoms with Crippen LogP contribution in [0.1, 0.15) is 39.3 Å². The van der Waals surface area contributed by atoms with Crippen LogP contribution in [0.5, 0.6) is 11.6 Å². The molecule has 0 atom stereocenters. The second kappa shape index (κ2) is 8.20. The number of halogens is 1. The zero-order valence-electron chi connectivity index (χ0n) is 14.6. The summed E-state index contributed by atoms with van der Waals surface area (Å²) < 4.78 is 5.44. The minimum absolute atomic E-state index is 0.110. The summed E-state index contributed by atoms with van der Waals surface area (Å²) in [6.07, 6.45) is 2.76. The van der Waals surface area contributed by atoms with Crippen LogP contribution in [-0.2, 0) is 6.42 Å². The van der Waals surface area contributed by atoms with E-state index in [4.69, 9.17) is 21.3 Å². The zero-order valence-corrected chi connectivity index (χ0v) is 15.3. The van der Waals surface area contributed by atoms with Gasteiger partial charge in [0.25, 0.3) is 0 Å². The predicted molar refractivity (Wildman–Crippen MR) is 98.1 cm³/mol. The Balaban J connectivity index is 2.53. The average molecular weight is 350 g/mol. The van der Waals surface area contributed by atoms with E-state index in [1.807, 2.05) is 6.92 Å². The fraction of sp³-hybridized carbons (Fsp3) is 0.444. The van der Waals surface area contributed by atoms with E-state index < -0.39 is 0 Å². The van der Waals surface area contributed by atoms with Crippen molar-refractivity contribution in [3.05, 3.63) is 28.9 Å². The van der Waals surface area contributed by atoms with Crippen molar-refractivity contribution in [2.45, 2.75) is 46.1 Å². The van der Waals surface area contributed by atoms with Gasteiger partial charge in [-0.05, 0) is 37.5 Å². The Morgan fingerprint density at radius 2 is 1.92 bits per heavy atom. The lowest BCUT2D eigenvalue weighted by Gasteiger charge is -2.19. The van der Waals surface area contributed by atoms with E-state index >= 15 is 0 Å². The molecule has 2 N–H and O–H groups in total. The Bertz CT molecular complexity index is 703. The molecule has 0 amide bonds. The number of methoxy groups -OCH3 is 1. The number of phenolic OH excluding ortho intramolecular Hbond substituents is 1. The minimum atomic E-state index is 0.110. The first kappa shape index (κ1) is 18.3. The molecule has 1 aromatic carbocycles. The van der Waals surface area contributed by atoms with Crippen molar-refractivity contribution in [1.29, 1.82) is 0 Å². The number of nitrogens with one attached hydrogen (secondary N) is 1. The number of hydrogen-bond donors (Lipinski definition) is 2. The van der Waals surface area contributed by atoms with Crippen molar-refractivity contribution in [3.8, 4) is 22.9 Å². The third-order valence-electron chi connectivity index (χ3n) is 4.00. The van der Waals surface area contributed by atoms with Crippen LogP contribution in [0.3, 0.4) is 0 Å². The van der Waals surface area contributed by atoms with Crippen LogP contribution in [0.2, 0.25) is 5.02 Å². The van der Waals surface area contributed by atoms with Gasteiger partial charge in [0.05, 0.1) is 17.8 Å². The summed E-state index contributed by atoms with van der Waals surface area (Å²) in [5.41, 5.74) is 2.12. The van der Waals surface area contributed by atoms with E-state index in [2.05, 4.69) is 24.1 Å². The van der Waals surface area contributed by atoms with Gasteiger partial charge in [-0.15, -0.1) is 0 Å². The first-order chi connectivity index (χ1) is 11.5. The zero-order chi connectivity index (χ0) is 17.7. The van der Waals surface area contributed by atoms with E-state index in [9.17, 15) is 5.11 Å². The molecule has 1 heterocycles. The highest BCUT2D eigenvalue weighted by Gasteiger charge is 2.18. The molecule has 1 aromatic heterocycles. The molecule has 0 radical (unpaired) electrons. The lowest BCUT2D eigenvalue weighted by molar-refractivity contribution is 0.397. The third-order valence-corrected chi connectivity index (χ3v) is 4.31. The number of benzene rings is 1. The molecule has 0 saturated carbocycles. The van der Waals surface area contributed by atoms with Crippen LogP contribution in [-0.4, -0.2) is 28.2 Å². The van der Waals surface area contributed by atoms with Gasteiger partial charge >= 0.3 is 0 Å². The molecule has 24 heavy (non-hydrogen) atoms. The summed E-state index contributed by atoms with van der Waals surface area (Å²) in [5.74, 6) is 1.27. The summed E-state index contributed by atoms with van der Waals surface area (Å²) in [6, 6.07) is 5.12. The summed E-state index contributed by atoms with van der Waals surface area (Å²) in [7, 11) is 1.56. The number of aryl methyl sites for hydroxylation is 1. The molecule has 0 unspecified atom stereocenters. The maximum atomic E-state index is 9.55. The van der Waals surface area contributed by atoms with Crippen LogP contribution >= 0.6 is 11.6 Å². The normalized spacial score (nSPS) is 10.9. The van der Waals surface area contributed by atoms with Gasteiger partial charge in [0.1, 0.15) is 11.4 Å². The van der Waals surface area contributed by atoms with E-state index in [0.717, 1.165) is 30.8 Å². The van der Waals surface area contributed by atoms with Crippen LogP contribution in [0.25, 0.3) is 11.3 Å². The monoisotopic (exact) mass is 349 g/mol. The third kappa shape index (κ3) is 3.90. The first-order valence-corrected chi connectivity index (χ1v) is 8.62. The van der Waals surface area contributed by atoms with Gasteiger partial charge in [0, 0.05) is 11.6 Å². The number of hydrogen-bond acceptors (Lipinski definition) is 5. The average Bonchev–Trinajstić information content (AvgIpc) is 2.59. The molecule has 0 fully saturated rings. The summed E-state index contributed by atoms with van der Waals surface area (Å²) in [5, 5.41) is 13.4. The highest BCUT2D eigenvalue weighted by molar-refractivity contribution is 6.33. The Hall–Kier alpha value is -2.01. The Kier molecular flexibility index (Phi) is 6.26. The van der Waals surface area contributed by atoms with Gasteiger partial charge in [-0.25, -0.2) is 4.98 Å². The number of aromatic hydroxyl groups is 1. The lowest BCUT2D eigenvalue weighted by Crippen LogP contribution is -2.20. The molecule has 2 aromatic rings. The van der Waals surface area contributed by atoms with Crippen molar-refractivity contribution in [3.63, 3.8) is 0 Å². The van der Waals surface area contributed by atoms with Crippen molar-refractivity contribution < 1.29 is 9.84 Å². The van der Waals surface area contributed by atoms with Gasteiger partial charge in [0.15, 0.2) is 5.82 Å². The topological polar surface area (TPSA) is 67.3 Å². The molecule has 0 aliphatic rings. The van der Waals surface area contributed by atoms with Gasteiger partial charge in [-0.1, -0.05) is 32.4 Å². The van der Waals surface area contributed by atoms with Gasteiger partial charge < -0.3 is 15.2 Å². The number of phenols is 1. The molecule has 6 heteroatoms. The highest BCUT2D eigenvalue weighted by atomic mass is 35.5. The minimum Gasteiger partial charge on any atom is -0.508 e. The number of ether oxygens (including phenoxy) is 1. The lowest BCUT2D eigenvalue weighted by atomic mass is 10.1. The Labute approximate surface area is 148 Å². The summed E-state index contributed by atoms with van der Waals surface area (Å²) in [4.78, 5) is 9.35. The maximum Gasteiger partial charge on any atom is 0.242 e. The van der Waals surface area contributed by atoms with E-state index in [0.29, 0.717) is 28.2 Å². The van der Waals surface area contributed by atoms with Crippen LogP contribution in [0.4, 0.5) is 5.82 Å². The number of anilines is 1. The van der Waals surface area contributed by atoms with Crippen molar-refractivity contribution >= 4 is 17.4 Å². The second-order valence-corrected chi connectivity index (χ2v) is 5.96. The van der Waals surface area contributed by atoms with E-state index in [1.54, 1.807) is 19.2 Å². The van der Waals surface area contributed by atoms with Gasteiger partial charge in [-0.2, -0.15) is 4.98 Å². The van der Waals surface area contributed by atoms with Crippen LogP contribution < -0.4 is 10.1 Å². The van der Waals surface area contributed by atoms with Gasteiger partial charge in [0.2, 0.25) is 5.88 Å². The Morgan fingerprint density at radius 1 is 1.21 bits per heavy atom. The first-order valence-electron chi connectivity index (χ1n) is 8.24. The van der Waals surface area contributed by atoms with Crippen LogP contribution in [0.15, 0.2) is 18.2 Å². The molecule has 130 valence electrons. The molecule has 5 nitrogen and oxygen atoms in total. The predicted octanol–water partition coefficient (Wildman–Crippen LogP) is 4.67. The largest absolute Gasteiger partial charge is 0.508 e. The quantitative estimate of drug-likeness (QED) is 0.760. The Morgan fingerprint density at radius 3 is 2.46 bits per heavy atom. The van der Waals surface area contributed by atoms with Crippen molar-refractivity contribution in [2.75, 3.05) is 12.4 Å². The fourth-order valence-electron chi connectivity index (χ4n) is 2.52. The summed E-state index contributed by atoms with van der Waals surface area (Å²) >= 11 is 6.26. The molecule has 2 rings (SSSR count). The smallest absolute Gasteiger partial charge is 0.242 e. The second-order valence-electron chi connectivity index (χ2n) is 5.55. The van der Waals surface area contributed by atoms with Crippen molar-refractivity contribution in [2.24, 2.45) is 0 Å². The van der Waals surface area contributed by atoms with E-state index in [-0.39, 0.29) is 5.75 Å². The molecular weight excluding hydrogens is 326 g/mol. The molecular formula is C18H24ClN3O2. The molecule has 0 spiro atoms. The number of nitrogens with zero attached hydrogens (tertiary/aromatic N) is 2. The molecule has 0 saturated heterocycles. The highest BCUT2D eigenvalue weighted by Crippen LogP contribution is 2.35. The number of rotatable bonds is 7. The standard InChI is InChI=1S/C18H24ClN3O2/c1-5-11(6-2)20-17-15(7-3)21-16(18(22-17)24-4)13-9-8-12(23)10-14(13)19/h8-11,23H,5-7H2,1-4H3,(H,20,22). The number of aromatic nitrogens is 2. The molecule has 0 bridgehead atoms. The van der Waals surface area contributed by atoms with Gasteiger partial charge in [-0.3, -0.25) is 0 Å². The fourth-order valence-corrected chi connectivity index (χ4v) is 2.78. The van der Waals surface area contributed by atoms with Crippen molar-refractivity contribution in [1.82, 2.24) is 9.97 Å². The van der Waals surface area contributed by atoms with E-state index in [1.165, 1.54) is 6.07 Å². The molecule has 0 aliphatic heterocycles.